The molecule has 0 aromatic heterocycles. The Morgan fingerprint density at radius 1 is 1.00 bits per heavy atom. The molecule has 32 heavy (non-hydrogen) atoms. The van der Waals surface area contributed by atoms with Gasteiger partial charge in [-0.05, 0) is 42.5 Å². The molecular formula is C23H16F3N3O3. The Bertz CT molecular complexity index is 1200. The summed E-state index contributed by atoms with van der Waals surface area (Å²) in [5.74, 6) is 4.51. The molecule has 0 bridgehead atoms. The van der Waals surface area contributed by atoms with Crippen LogP contribution in [0.15, 0.2) is 72.8 Å². The molecule has 0 aliphatic heterocycles. The van der Waals surface area contributed by atoms with Crippen LogP contribution in [-0.2, 0) is 6.18 Å². The zero-order chi connectivity index (χ0) is 23.1. The number of rotatable bonds is 5. The van der Waals surface area contributed by atoms with Crippen molar-refractivity contribution in [3.8, 4) is 11.8 Å². The van der Waals surface area contributed by atoms with Crippen molar-refractivity contribution in [2.24, 2.45) is 0 Å². The van der Waals surface area contributed by atoms with Gasteiger partial charge in [0.1, 0.15) is 5.69 Å². The number of hydrogen-bond donors (Lipinski definition) is 2. The fraction of sp³-hybridized carbons (Fsp3) is 0.0870. The van der Waals surface area contributed by atoms with E-state index in [1.54, 1.807) is 24.3 Å². The highest BCUT2D eigenvalue weighted by Crippen LogP contribution is 2.30. The monoisotopic (exact) mass is 439 g/mol. The molecule has 9 heteroatoms. The minimum Gasteiger partial charge on any atom is -0.350 e. The lowest BCUT2D eigenvalue weighted by Crippen LogP contribution is -2.23. The van der Waals surface area contributed by atoms with Gasteiger partial charge in [0.2, 0.25) is 0 Å². The lowest BCUT2D eigenvalue weighted by molar-refractivity contribution is -0.383. The van der Waals surface area contributed by atoms with Gasteiger partial charge in [0.15, 0.2) is 0 Å². The van der Waals surface area contributed by atoms with E-state index in [0.29, 0.717) is 5.69 Å². The van der Waals surface area contributed by atoms with E-state index < -0.39 is 22.6 Å². The fourth-order valence-corrected chi connectivity index (χ4v) is 2.75. The molecule has 2 N–H and O–H groups in total. The summed E-state index contributed by atoms with van der Waals surface area (Å²) in [5.41, 5.74) is -0.0154. The Balaban J connectivity index is 1.68. The maximum atomic E-state index is 12.7. The van der Waals surface area contributed by atoms with Crippen molar-refractivity contribution in [2.75, 3.05) is 11.9 Å². The Morgan fingerprint density at radius 2 is 1.75 bits per heavy atom. The molecule has 6 nitrogen and oxygen atoms in total. The molecule has 0 saturated carbocycles. The molecule has 0 heterocycles. The smallest absolute Gasteiger partial charge is 0.350 e. The highest BCUT2D eigenvalue weighted by molar-refractivity contribution is 5.96. The van der Waals surface area contributed by atoms with Crippen LogP contribution < -0.4 is 10.6 Å². The van der Waals surface area contributed by atoms with E-state index >= 15 is 0 Å². The third-order valence-electron chi connectivity index (χ3n) is 4.27. The Hall–Kier alpha value is -4.32. The van der Waals surface area contributed by atoms with E-state index in [4.69, 9.17) is 0 Å². The molecule has 1 amide bonds. The first-order valence-electron chi connectivity index (χ1n) is 9.29. The van der Waals surface area contributed by atoms with Crippen LogP contribution in [0.25, 0.3) is 0 Å². The molecule has 0 fully saturated rings. The van der Waals surface area contributed by atoms with E-state index in [0.717, 1.165) is 18.2 Å². The predicted molar refractivity (Wildman–Crippen MR) is 113 cm³/mol. The van der Waals surface area contributed by atoms with Crippen LogP contribution in [0, 0.1) is 22.0 Å². The van der Waals surface area contributed by atoms with Gasteiger partial charge in [-0.15, -0.1) is 0 Å². The number of anilines is 2. The zero-order valence-corrected chi connectivity index (χ0v) is 16.4. The first-order valence-corrected chi connectivity index (χ1v) is 9.29. The van der Waals surface area contributed by atoms with Gasteiger partial charge in [0.05, 0.1) is 17.0 Å². The maximum Gasteiger partial charge on any atom is 0.416 e. The third-order valence-corrected chi connectivity index (χ3v) is 4.27. The van der Waals surface area contributed by atoms with Gasteiger partial charge in [-0.1, -0.05) is 36.1 Å². The standard InChI is InChI=1S/C23H16F3N3O3/c24-23(25,26)18-8-4-6-16(14-18)7-5-13-27-22(30)17-11-12-20(21(15-17)29(31)32)28-19-9-2-1-3-10-19/h1-4,6,8-12,14-15,28H,13H2,(H,27,30). The van der Waals surface area contributed by atoms with Crippen molar-refractivity contribution < 1.29 is 22.9 Å². The summed E-state index contributed by atoms with van der Waals surface area (Å²) >= 11 is 0. The molecule has 3 aromatic carbocycles. The lowest BCUT2D eigenvalue weighted by Gasteiger charge is -2.08. The topological polar surface area (TPSA) is 84.3 Å². The summed E-state index contributed by atoms with van der Waals surface area (Å²) in [5, 5.41) is 16.8. The molecule has 0 spiro atoms. The number of carbonyl (C=O) groups is 1. The quantitative estimate of drug-likeness (QED) is 0.328. The summed E-state index contributed by atoms with van der Waals surface area (Å²) in [6.07, 6.45) is -4.47. The first kappa shape index (κ1) is 22.4. The van der Waals surface area contributed by atoms with Crippen molar-refractivity contribution in [1.29, 1.82) is 0 Å². The number of amides is 1. The summed E-state index contributed by atoms with van der Waals surface area (Å²) in [4.78, 5) is 23.1. The molecular weight excluding hydrogens is 423 g/mol. The second-order valence-electron chi connectivity index (χ2n) is 6.54. The second kappa shape index (κ2) is 9.66. The van der Waals surface area contributed by atoms with Crippen LogP contribution in [0.2, 0.25) is 0 Å². The van der Waals surface area contributed by atoms with Gasteiger partial charge in [0.25, 0.3) is 11.6 Å². The van der Waals surface area contributed by atoms with E-state index in [1.807, 2.05) is 6.07 Å². The minimum atomic E-state index is -4.47. The van der Waals surface area contributed by atoms with Crippen molar-refractivity contribution in [3.05, 3.63) is 99.6 Å². The largest absolute Gasteiger partial charge is 0.416 e. The maximum absolute atomic E-state index is 12.7. The molecule has 0 radical (unpaired) electrons. The van der Waals surface area contributed by atoms with Crippen LogP contribution >= 0.6 is 0 Å². The molecule has 3 aromatic rings. The summed E-state index contributed by atoms with van der Waals surface area (Å²) < 4.78 is 38.2. The number of nitro benzene ring substituents is 1. The number of para-hydroxylation sites is 1. The molecule has 0 atom stereocenters. The summed E-state index contributed by atoms with van der Waals surface area (Å²) in [6, 6.07) is 17.4. The van der Waals surface area contributed by atoms with Crippen molar-refractivity contribution in [2.45, 2.75) is 6.18 Å². The number of alkyl halides is 3. The van der Waals surface area contributed by atoms with E-state index in [-0.39, 0.29) is 29.0 Å². The van der Waals surface area contributed by atoms with Gasteiger partial charge in [0, 0.05) is 22.9 Å². The van der Waals surface area contributed by atoms with Gasteiger partial charge in [-0.2, -0.15) is 13.2 Å². The van der Waals surface area contributed by atoms with Crippen LogP contribution in [0.5, 0.6) is 0 Å². The zero-order valence-electron chi connectivity index (χ0n) is 16.4. The number of carbonyl (C=O) groups excluding carboxylic acids is 1. The minimum absolute atomic E-state index is 0.0520. The van der Waals surface area contributed by atoms with Gasteiger partial charge in [-0.3, -0.25) is 14.9 Å². The number of nitrogens with one attached hydrogen (secondary N) is 2. The first-order chi connectivity index (χ1) is 15.2. The number of nitro groups is 1. The van der Waals surface area contributed by atoms with Crippen LogP contribution in [-0.4, -0.2) is 17.4 Å². The Labute approximate surface area is 181 Å². The third kappa shape index (κ3) is 5.86. The summed E-state index contributed by atoms with van der Waals surface area (Å²) in [6.45, 7) is -0.146. The number of nitrogens with zero attached hydrogens (tertiary/aromatic N) is 1. The molecule has 0 aliphatic rings. The molecule has 162 valence electrons. The summed E-state index contributed by atoms with van der Waals surface area (Å²) in [7, 11) is 0. The van der Waals surface area contributed by atoms with Crippen LogP contribution in [0.3, 0.4) is 0 Å². The molecule has 0 saturated heterocycles. The number of hydrogen-bond acceptors (Lipinski definition) is 4. The van der Waals surface area contributed by atoms with Crippen LogP contribution in [0.4, 0.5) is 30.2 Å². The van der Waals surface area contributed by atoms with E-state index in [1.165, 1.54) is 24.3 Å². The molecule has 0 unspecified atom stereocenters. The van der Waals surface area contributed by atoms with E-state index in [9.17, 15) is 28.1 Å². The SMILES string of the molecule is O=C(NCC#Cc1cccc(C(F)(F)F)c1)c1ccc(Nc2ccccc2)c([N+](=O)[O-])c1. The van der Waals surface area contributed by atoms with Crippen molar-refractivity contribution in [1.82, 2.24) is 5.32 Å². The van der Waals surface area contributed by atoms with Gasteiger partial charge < -0.3 is 10.6 Å². The van der Waals surface area contributed by atoms with Gasteiger partial charge in [-0.25, -0.2) is 0 Å². The van der Waals surface area contributed by atoms with Crippen LogP contribution in [0.1, 0.15) is 21.5 Å². The van der Waals surface area contributed by atoms with Gasteiger partial charge >= 0.3 is 6.18 Å². The molecule has 0 aliphatic carbocycles. The molecule has 3 rings (SSSR count). The number of halogens is 3. The van der Waals surface area contributed by atoms with Crippen molar-refractivity contribution in [3.63, 3.8) is 0 Å². The average Bonchev–Trinajstić information content (AvgIpc) is 2.77. The normalized spacial score (nSPS) is 10.6. The Kier molecular flexibility index (Phi) is 6.75. The van der Waals surface area contributed by atoms with E-state index in [2.05, 4.69) is 22.5 Å². The highest BCUT2D eigenvalue weighted by atomic mass is 19.4. The Morgan fingerprint density at radius 3 is 2.44 bits per heavy atom. The van der Waals surface area contributed by atoms with Crippen molar-refractivity contribution >= 4 is 23.0 Å². The number of benzene rings is 3. The highest BCUT2D eigenvalue weighted by Gasteiger charge is 2.30. The fourth-order valence-electron chi connectivity index (χ4n) is 2.75. The second-order valence-corrected chi connectivity index (χ2v) is 6.54. The predicted octanol–water partition coefficient (Wildman–Crippen LogP) is 5.14. The lowest BCUT2D eigenvalue weighted by atomic mass is 10.1. The average molecular weight is 439 g/mol.